The Hall–Kier alpha value is -3.21. The van der Waals surface area contributed by atoms with Gasteiger partial charge in [0, 0.05) is 5.39 Å². The molecule has 0 saturated carbocycles. The van der Waals surface area contributed by atoms with E-state index in [0.29, 0.717) is 31.1 Å². The van der Waals surface area contributed by atoms with E-state index in [9.17, 15) is 4.79 Å². The van der Waals surface area contributed by atoms with Gasteiger partial charge < -0.3 is 19.5 Å². The lowest BCUT2D eigenvalue weighted by atomic mass is 10.1. The Bertz CT molecular complexity index is 920. The maximum atomic E-state index is 12.5. The van der Waals surface area contributed by atoms with Gasteiger partial charge in [-0.15, -0.1) is 0 Å². The number of ether oxygens (including phenoxy) is 3. The quantitative estimate of drug-likeness (QED) is 0.566. The Balaban J connectivity index is 1.52. The van der Waals surface area contributed by atoms with Gasteiger partial charge in [0.1, 0.15) is 12.4 Å². The summed E-state index contributed by atoms with van der Waals surface area (Å²) in [5.74, 6) is 1.80. The van der Waals surface area contributed by atoms with Crippen molar-refractivity contribution in [2.45, 2.75) is 19.4 Å². The van der Waals surface area contributed by atoms with Gasteiger partial charge in [-0.2, -0.15) is 0 Å². The molecule has 3 aromatic carbocycles. The molecule has 0 bridgehead atoms. The Labute approximate surface area is 165 Å². The van der Waals surface area contributed by atoms with Crippen LogP contribution in [0.2, 0.25) is 0 Å². The monoisotopic (exact) mass is 379 g/mol. The summed E-state index contributed by atoms with van der Waals surface area (Å²) in [6, 6.07) is 21.3. The van der Waals surface area contributed by atoms with Crippen molar-refractivity contribution in [2.75, 3.05) is 20.3 Å². The maximum absolute atomic E-state index is 12.5. The van der Waals surface area contributed by atoms with Crippen LogP contribution in [0, 0.1) is 0 Å². The summed E-state index contributed by atoms with van der Waals surface area (Å²) in [7, 11) is 1.58. The molecule has 0 aliphatic carbocycles. The molecule has 1 amide bonds. The summed E-state index contributed by atoms with van der Waals surface area (Å²) in [5, 5.41) is 5.06. The molecule has 1 N–H and O–H groups in total. The average Bonchev–Trinajstić information content (AvgIpc) is 2.75. The minimum atomic E-state index is -0.589. The second kappa shape index (κ2) is 9.65. The molecule has 0 saturated heterocycles. The van der Waals surface area contributed by atoms with Crippen LogP contribution in [0.5, 0.6) is 17.2 Å². The van der Waals surface area contributed by atoms with Crippen molar-refractivity contribution in [2.24, 2.45) is 0 Å². The van der Waals surface area contributed by atoms with Crippen LogP contribution in [0.15, 0.2) is 66.7 Å². The minimum absolute atomic E-state index is 0.171. The third-order valence-electron chi connectivity index (χ3n) is 4.41. The van der Waals surface area contributed by atoms with E-state index in [1.165, 1.54) is 0 Å². The number of fused-ring (bicyclic) bond motifs is 1. The second-order valence-corrected chi connectivity index (χ2v) is 6.28. The van der Waals surface area contributed by atoms with Gasteiger partial charge in [-0.25, -0.2) is 0 Å². The molecule has 3 aromatic rings. The van der Waals surface area contributed by atoms with Gasteiger partial charge >= 0.3 is 0 Å². The molecule has 0 spiro atoms. The van der Waals surface area contributed by atoms with E-state index < -0.39 is 6.10 Å². The molecule has 1 atom stereocenters. The fraction of sp³-hybridized carbons (Fsp3) is 0.261. The normalized spacial score (nSPS) is 11.6. The van der Waals surface area contributed by atoms with Gasteiger partial charge in [0.25, 0.3) is 5.91 Å². The Kier molecular flexibility index (Phi) is 6.73. The minimum Gasteiger partial charge on any atom is -0.493 e. The molecule has 5 heteroatoms. The van der Waals surface area contributed by atoms with E-state index >= 15 is 0 Å². The third-order valence-corrected chi connectivity index (χ3v) is 4.41. The molecule has 0 aliphatic rings. The highest BCUT2D eigenvalue weighted by atomic mass is 16.5. The van der Waals surface area contributed by atoms with Gasteiger partial charge in [-0.3, -0.25) is 4.79 Å². The molecule has 0 fully saturated rings. The lowest BCUT2D eigenvalue weighted by Gasteiger charge is -2.19. The summed E-state index contributed by atoms with van der Waals surface area (Å²) in [5.41, 5.74) is 0. The Morgan fingerprint density at radius 3 is 2.39 bits per heavy atom. The van der Waals surface area contributed by atoms with Crippen LogP contribution in [-0.2, 0) is 4.79 Å². The number of hydrogen-bond donors (Lipinski definition) is 1. The molecule has 0 heterocycles. The van der Waals surface area contributed by atoms with Crippen molar-refractivity contribution < 1.29 is 19.0 Å². The first-order valence-electron chi connectivity index (χ1n) is 9.41. The standard InChI is InChI=1S/C23H25NO4/c1-3-19(28-22-13-7-6-12-21(22)26-2)23(25)24-15-16-27-20-14-8-10-17-9-4-5-11-18(17)20/h4-14,19H,3,15-16H2,1-2H3,(H,24,25). The maximum Gasteiger partial charge on any atom is 0.261 e. The largest absolute Gasteiger partial charge is 0.493 e. The number of nitrogens with one attached hydrogen (secondary N) is 1. The molecular weight excluding hydrogens is 354 g/mol. The lowest BCUT2D eigenvalue weighted by Crippen LogP contribution is -2.39. The number of para-hydroxylation sites is 2. The highest BCUT2D eigenvalue weighted by molar-refractivity contribution is 5.88. The summed E-state index contributed by atoms with van der Waals surface area (Å²) in [6.45, 7) is 2.69. The molecule has 146 valence electrons. The summed E-state index contributed by atoms with van der Waals surface area (Å²) < 4.78 is 17.0. The van der Waals surface area contributed by atoms with Crippen LogP contribution in [0.3, 0.4) is 0 Å². The van der Waals surface area contributed by atoms with Crippen molar-refractivity contribution in [1.82, 2.24) is 5.32 Å². The zero-order valence-electron chi connectivity index (χ0n) is 16.2. The summed E-state index contributed by atoms with van der Waals surface area (Å²) >= 11 is 0. The molecule has 0 aliphatic heterocycles. The van der Waals surface area contributed by atoms with Crippen molar-refractivity contribution in [3.05, 3.63) is 66.7 Å². The van der Waals surface area contributed by atoms with Crippen molar-refractivity contribution in [1.29, 1.82) is 0 Å². The van der Waals surface area contributed by atoms with E-state index in [1.54, 1.807) is 19.2 Å². The topological polar surface area (TPSA) is 56.8 Å². The van der Waals surface area contributed by atoms with Crippen molar-refractivity contribution in [3.8, 4) is 17.2 Å². The van der Waals surface area contributed by atoms with E-state index in [0.717, 1.165) is 16.5 Å². The third kappa shape index (κ3) is 4.74. The molecular formula is C23H25NO4. The summed E-state index contributed by atoms with van der Waals surface area (Å²) in [6.07, 6.45) is -0.0394. The van der Waals surface area contributed by atoms with E-state index in [4.69, 9.17) is 14.2 Å². The van der Waals surface area contributed by atoms with E-state index in [1.807, 2.05) is 61.5 Å². The average molecular weight is 379 g/mol. The van der Waals surface area contributed by atoms with Crippen LogP contribution in [0.25, 0.3) is 10.8 Å². The number of carbonyl (C=O) groups is 1. The number of methoxy groups -OCH3 is 1. The van der Waals surface area contributed by atoms with Crippen LogP contribution >= 0.6 is 0 Å². The number of rotatable bonds is 9. The van der Waals surface area contributed by atoms with E-state index in [-0.39, 0.29) is 5.91 Å². The summed E-state index contributed by atoms with van der Waals surface area (Å²) in [4.78, 5) is 12.5. The first-order valence-corrected chi connectivity index (χ1v) is 9.41. The predicted octanol–water partition coefficient (Wildman–Crippen LogP) is 4.20. The highest BCUT2D eigenvalue weighted by Gasteiger charge is 2.19. The smallest absolute Gasteiger partial charge is 0.261 e. The van der Waals surface area contributed by atoms with Gasteiger partial charge in [-0.1, -0.05) is 55.5 Å². The van der Waals surface area contributed by atoms with Crippen LogP contribution in [-0.4, -0.2) is 32.3 Å². The Morgan fingerprint density at radius 2 is 1.61 bits per heavy atom. The molecule has 5 nitrogen and oxygen atoms in total. The zero-order valence-corrected chi connectivity index (χ0v) is 16.2. The van der Waals surface area contributed by atoms with Crippen LogP contribution < -0.4 is 19.5 Å². The number of benzene rings is 3. The number of amides is 1. The molecule has 1 unspecified atom stereocenters. The number of carbonyl (C=O) groups excluding carboxylic acids is 1. The van der Waals surface area contributed by atoms with E-state index in [2.05, 4.69) is 5.32 Å². The first-order chi connectivity index (χ1) is 13.7. The number of hydrogen-bond acceptors (Lipinski definition) is 4. The predicted molar refractivity (Wildman–Crippen MR) is 110 cm³/mol. The Morgan fingerprint density at radius 1 is 0.929 bits per heavy atom. The lowest BCUT2D eigenvalue weighted by molar-refractivity contribution is -0.128. The SMILES string of the molecule is CCC(Oc1ccccc1OC)C(=O)NCCOc1cccc2ccccc12. The second-order valence-electron chi connectivity index (χ2n) is 6.28. The van der Waals surface area contributed by atoms with Gasteiger partial charge in [0.05, 0.1) is 13.7 Å². The zero-order chi connectivity index (χ0) is 19.8. The van der Waals surface area contributed by atoms with Crippen molar-refractivity contribution >= 4 is 16.7 Å². The molecule has 0 aromatic heterocycles. The van der Waals surface area contributed by atoms with Crippen molar-refractivity contribution in [3.63, 3.8) is 0 Å². The molecule has 3 rings (SSSR count). The highest BCUT2D eigenvalue weighted by Crippen LogP contribution is 2.27. The van der Waals surface area contributed by atoms with Gasteiger partial charge in [-0.05, 0) is 30.0 Å². The fourth-order valence-electron chi connectivity index (χ4n) is 2.96. The van der Waals surface area contributed by atoms with Crippen LogP contribution in [0.1, 0.15) is 13.3 Å². The van der Waals surface area contributed by atoms with Crippen LogP contribution in [0.4, 0.5) is 0 Å². The first kappa shape index (κ1) is 19.5. The molecule has 0 radical (unpaired) electrons. The van der Waals surface area contributed by atoms with Gasteiger partial charge in [0.2, 0.25) is 0 Å². The fourth-order valence-corrected chi connectivity index (χ4v) is 2.96. The molecule has 28 heavy (non-hydrogen) atoms. The van der Waals surface area contributed by atoms with Gasteiger partial charge in [0.15, 0.2) is 17.6 Å².